The van der Waals surface area contributed by atoms with Crippen molar-refractivity contribution in [1.82, 2.24) is 4.98 Å². The second-order valence-corrected chi connectivity index (χ2v) is 4.36. The van der Waals surface area contributed by atoms with Crippen molar-refractivity contribution in [1.29, 1.82) is 0 Å². The van der Waals surface area contributed by atoms with Crippen molar-refractivity contribution in [2.45, 2.75) is 26.4 Å². The van der Waals surface area contributed by atoms with Gasteiger partial charge in [0.1, 0.15) is 17.3 Å². The van der Waals surface area contributed by atoms with Crippen LogP contribution in [0.5, 0.6) is 11.5 Å². The van der Waals surface area contributed by atoms with Gasteiger partial charge in [-0.15, -0.1) is 0 Å². The van der Waals surface area contributed by atoms with Gasteiger partial charge in [-0.3, -0.25) is 4.98 Å². The van der Waals surface area contributed by atoms with Gasteiger partial charge in [-0.25, -0.2) is 4.39 Å². The van der Waals surface area contributed by atoms with Crippen LogP contribution in [0.3, 0.4) is 0 Å². The highest BCUT2D eigenvalue weighted by atomic mass is 19.1. The molecule has 0 spiro atoms. The van der Waals surface area contributed by atoms with E-state index in [1.54, 1.807) is 31.2 Å². The number of halogens is 1. The number of aromatic nitrogens is 1. The van der Waals surface area contributed by atoms with E-state index in [-0.39, 0.29) is 5.82 Å². The molecule has 1 N–H and O–H groups in total. The van der Waals surface area contributed by atoms with Gasteiger partial charge in [-0.05, 0) is 37.1 Å². The van der Waals surface area contributed by atoms with Gasteiger partial charge in [-0.1, -0.05) is 13.0 Å². The van der Waals surface area contributed by atoms with Crippen LogP contribution >= 0.6 is 0 Å². The molecule has 1 heterocycles. The van der Waals surface area contributed by atoms with E-state index >= 15 is 0 Å². The first kappa shape index (κ1) is 13.5. The molecule has 100 valence electrons. The highest BCUT2D eigenvalue weighted by Gasteiger charge is 2.07. The molecule has 19 heavy (non-hydrogen) atoms. The van der Waals surface area contributed by atoms with Gasteiger partial charge < -0.3 is 9.84 Å². The van der Waals surface area contributed by atoms with Gasteiger partial charge in [0.15, 0.2) is 0 Å². The summed E-state index contributed by atoms with van der Waals surface area (Å²) in [6.07, 6.45) is 1.56. The maximum Gasteiger partial charge on any atom is 0.145 e. The summed E-state index contributed by atoms with van der Waals surface area (Å²) < 4.78 is 18.9. The Hall–Kier alpha value is -1.94. The molecule has 0 aliphatic carbocycles. The van der Waals surface area contributed by atoms with Crippen LogP contribution in [-0.2, 0) is 0 Å². The summed E-state index contributed by atoms with van der Waals surface area (Å²) in [5.74, 6) is 0.632. The molecule has 0 aliphatic rings. The Morgan fingerprint density at radius 3 is 2.58 bits per heavy atom. The number of benzene rings is 1. The number of hydrogen-bond donors (Lipinski definition) is 1. The average Bonchev–Trinajstić information content (AvgIpc) is 2.43. The lowest BCUT2D eigenvalue weighted by Gasteiger charge is -2.09. The molecule has 2 aromatic rings. The predicted molar refractivity (Wildman–Crippen MR) is 70.7 cm³/mol. The van der Waals surface area contributed by atoms with E-state index in [0.717, 1.165) is 0 Å². The molecule has 0 saturated heterocycles. The summed E-state index contributed by atoms with van der Waals surface area (Å²) in [5, 5.41) is 9.62. The molecule has 0 unspecified atom stereocenters. The standard InChI is InChI=1S/C15H16FNO2/c1-3-15(18)14-7-6-12(9-17-14)19-11-5-4-10(2)13(16)8-11/h4-9,15,18H,3H2,1-2H3/t15-/m0/s1. The van der Waals surface area contributed by atoms with Gasteiger partial charge in [0, 0.05) is 6.07 Å². The van der Waals surface area contributed by atoms with Gasteiger partial charge in [0.2, 0.25) is 0 Å². The van der Waals surface area contributed by atoms with Crippen molar-refractivity contribution < 1.29 is 14.2 Å². The second kappa shape index (κ2) is 5.80. The summed E-state index contributed by atoms with van der Waals surface area (Å²) in [7, 11) is 0. The van der Waals surface area contributed by atoms with E-state index in [9.17, 15) is 9.50 Å². The van der Waals surface area contributed by atoms with E-state index < -0.39 is 6.10 Å². The first-order valence-corrected chi connectivity index (χ1v) is 6.18. The van der Waals surface area contributed by atoms with Crippen LogP contribution in [-0.4, -0.2) is 10.1 Å². The number of aryl methyl sites for hydroxylation is 1. The minimum Gasteiger partial charge on any atom is -0.456 e. The third-order valence-electron chi connectivity index (χ3n) is 2.87. The molecule has 0 aliphatic heterocycles. The number of pyridine rings is 1. The third kappa shape index (κ3) is 3.29. The first-order valence-electron chi connectivity index (χ1n) is 6.18. The molecule has 0 saturated carbocycles. The van der Waals surface area contributed by atoms with Crippen molar-refractivity contribution in [3.63, 3.8) is 0 Å². The van der Waals surface area contributed by atoms with E-state index in [1.165, 1.54) is 12.3 Å². The van der Waals surface area contributed by atoms with E-state index in [2.05, 4.69) is 4.98 Å². The molecular weight excluding hydrogens is 245 g/mol. The maximum atomic E-state index is 13.4. The molecule has 4 heteroatoms. The number of aliphatic hydroxyl groups excluding tert-OH is 1. The Morgan fingerprint density at radius 2 is 2.00 bits per heavy atom. The second-order valence-electron chi connectivity index (χ2n) is 4.36. The van der Waals surface area contributed by atoms with Gasteiger partial charge >= 0.3 is 0 Å². The van der Waals surface area contributed by atoms with Crippen molar-refractivity contribution in [2.75, 3.05) is 0 Å². The summed E-state index contributed by atoms with van der Waals surface area (Å²) in [6.45, 7) is 3.58. The number of hydrogen-bond acceptors (Lipinski definition) is 3. The minimum absolute atomic E-state index is 0.302. The monoisotopic (exact) mass is 261 g/mol. The van der Waals surface area contributed by atoms with Gasteiger partial charge in [0.05, 0.1) is 18.0 Å². The zero-order chi connectivity index (χ0) is 13.8. The quantitative estimate of drug-likeness (QED) is 0.911. The van der Waals surface area contributed by atoms with Crippen LogP contribution in [0.2, 0.25) is 0 Å². The lowest BCUT2D eigenvalue weighted by molar-refractivity contribution is 0.169. The highest BCUT2D eigenvalue weighted by Crippen LogP contribution is 2.24. The maximum absolute atomic E-state index is 13.4. The van der Waals surface area contributed by atoms with E-state index in [4.69, 9.17) is 4.74 Å². The molecular formula is C15H16FNO2. The van der Waals surface area contributed by atoms with Gasteiger partial charge in [-0.2, -0.15) is 0 Å². The summed E-state index contributed by atoms with van der Waals surface area (Å²) in [5.41, 5.74) is 1.18. The largest absolute Gasteiger partial charge is 0.456 e. The zero-order valence-electron chi connectivity index (χ0n) is 10.9. The van der Waals surface area contributed by atoms with Crippen LogP contribution < -0.4 is 4.74 Å². The lowest BCUT2D eigenvalue weighted by Crippen LogP contribution is -1.98. The molecule has 0 fully saturated rings. The Morgan fingerprint density at radius 1 is 1.26 bits per heavy atom. The van der Waals surface area contributed by atoms with Crippen molar-refractivity contribution in [3.8, 4) is 11.5 Å². The first-order chi connectivity index (χ1) is 9.10. The average molecular weight is 261 g/mol. The van der Waals surface area contributed by atoms with E-state index in [1.807, 2.05) is 6.92 Å². The third-order valence-corrected chi connectivity index (χ3v) is 2.87. The van der Waals surface area contributed by atoms with E-state index in [0.29, 0.717) is 29.2 Å². The Bertz CT molecular complexity index is 555. The molecule has 1 atom stereocenters. The Kier molecular flexibility index (Phi) is 4.12. The number of nitrogens with zero attached hydrogens (tertiary/aromatic N) is 1. The SMILES string of the molecule is CC[C@H](O)c1ccc(Oc2ccc(C)c(F)c2)cn1. The molecule has 0 bridgehead atoms. The predicted octanol–water partition coefficient (Wildman–Crippen LogP) is 3.76. The number of aliphatic hydroxyl groups is 1. The van der Waals surface area contributed by atoms with Crippen LogP contribution in [0.25, 0.3) is 0 Å². The molecule has 3 nitrogen and oxygen atoms in total. The fourth-order valence-electron chi connectivity index (χ4n) is 1.63. The highest BCUT2D eigenvalue weighted by molar-refractivity contribution is 5.33. The smallest absolute Gasteiger partial charge is 0.145 e. The van der Waals surface area contributed by atoms with Crippen molar-refractivity contribution in [3.05, 3.63) is 53.6 Å². The fraction of sp³-hybridized carbons (Fsp3) is 0.267. The topological polar surface area (TPSA) is 42.4 Å². The minimum atomic E-state index is -0.564. The molecule has 2 rings (SSSR count). The summed E-state index contributed by atoms with van der Waals surface area (Å²) in [6, 6.07) is 8.11. The number of ether oxygens (including phenoxy) is 1. The normalized spacial score (nSPS) is 12.2. The van der Waals surface area contributed by atoms with Crippen LogP contribution in [0, 0.1) is 12.7 Å². The molecule has 0 radical (unpaired) electrons. The molecule has 1 aromatic heterocycles. The lowest BCUT2D eigenvalue weighted by atomic mass is 10.2. The van der Waals surface area contributed by atoms with Crippen molar-refractivity contribution in [2.24, 2.45) is 0 Å². The molecule has 0 amide bonds. The van der Waals surface area contributed by atoms with Crippen LogP contribution in [0.4, 0.5) is 4.39 Å². The number of rotatable bonds is 4. The summed E-state index contributed by atoms with van der Waals surface area (Å²) >= 11 is 0. The van der Waals surface area contributed by atoms with Crippen LogP contribution in [0.1, 0.15) is 30.7 Å². The fourth-order valence-corrected chi connectivity index (χ4v) is 1.63. The Labute approximate surface area is 111 Å². The summed E-state index contributed by atoms with van der Waals surface area (Å²) in [4.78, 5) is 4.12. The van der Waals surface area contributed by atoms with Crippen molar-refractivity contribution >= 4 is 0 Å². The Balaban J connectivity index is 2.12. The zero-order valence-corrected chi connectivity index (χ0v) is 10.9. The van der Waals surface area contributed by atoms with Crippen LogP contribution in [0.15, 0.2) is 36.5 Å². The van der Waals surface area contributed by atoms with Gasteiger partial charge in [0.25, 0.3) is 0 Å². The molecule has 1 aromatic carbocycles.